The lowest BCUT2D eigenvalue weighted by Gasteiger charge is -2.38. The summed E-state index contributed by atoms with van der Waals surface area (Å²) in [5, 5.41) is 3.88. The number of piperazine rings is 1. The minimum Gasteiger partial charge on any atom is -0.339 e. The second kappa shape index (κ2) is 6.24. The van der Waals surface area contributed by atoms with E-state index in [9.17, 15) is 9.59 Å². The van der Waals surface area contributed by atoms with Crippen LogP contribution in [-0.2, 0) is 16.1 Å². The largest absolute Gasteiger partial charge is 0.339 e. The molecule has 1 saturated heterocycles. The summed E-state index contributed by atoms with van der Waals surface area (Å²) in [6.45, 7) is 8.60. The van der Waals surface area contributed by atoms with E-state index in [0.29, 0.717) is 18.3 Å². The van der Waals surface area contributed by atoms with E-state index in [1.165, 1.54) is 4.90 Å². The van der Waals surface area contributed by atoms with Crippen LogP contribution in [-0.4, -0.2) is 50.9 Å². The summed E-state index contributed by atoms with van der Waals surface area (Å²) in [6.07, 6.45) is 0.842. The van der Waals surface area contributed by atoms with Crippen molar-refractivity contribution in [2.24, 2.45) is 0 Å². The Morgan fingerprint density at radius 2 is 2.10 bits per heavy atom. The summed E-state index contributed by atoms with van der Waals surface area (Å²) in [6, 6.07) is -0.487. The van der Waals surface area contributed by atoms with Crippen LogP contribution in [0.4, 0.5) is 0 Å². The summed E-state index contributed by atoms with van der Waals surface area (Å²) in [5.74, 6) is 1.02. The van der Waals surface area contributed by atoms with Crippen LogP contribution in [0.2, 0.25) is 0 Å². The van der Waals surface area contributed by atoms with Gasteiger partial charge in [-0.15, -0.1) is 0 Å². The van der Waals surface area contributed by atoms with Crippen molar-refractivity contribution in [2.75, 3.05) is 13.1 Å². The van der Waals surface area contributed by atoms with Gasteiger partial charge in [0.05, 0.1) is 13.1 Å². The highest BCUT2D eigenvalue weighted by atomic mass is 16.5. The topological polar surface area (TPSA) is 79.5 Å². The predicted molar refractivity (Wildman–Crippen MR) is 75.3 cm³/mol. The molecule has 21 heavy (non-hydrogen) atoms. The highest BCUT2D eigenvalue weighted by Crippen LogP contribution is 2.17. The molecule has 1 aliphatic rings. The van der Waals surface area contributed by atoms with Gasteiger partial charge in [0.1, 0.15) is 6.04 Å². The molecule has 2 heterocycles. The minimum absolute atomic E-state index is 0.0240. The highest BCUT2D eigenvalue weighted by Gasteiger charge is 2.36. The Morgan fingerprint density at radius 1 is 1.38 bits per heavy atom. The Hall–Kier alpha value is -1.92. The van der Waals surface area contributed by atoms with Gasteiger partial charge in [-0.3, -0.25) is 9.59 Å². The van der Waals surface area contributed by atoms with Gasteiger partial charge < -0.3 is 14.3 Å². The van der Waals surface area contributed by atoms with Gasteiger partial charge in [0.2, 0.25) is 17.7 Å². The first-order valence-corrected chi connectivity index (χ1v) is 7.34. The molecule has 0 saturated carbocycles. The molecule has 2 rings (SSSR count). The van der Waals surface area contributed by atoms with E-state index in [0.717, 1.165) is 6.42 Å². The van der Waals surface area contributed by atoms with Gasteiger partial charge in [-0.05, 0) is 13.3 Å². The van der Waals surface area contributed by atoms with E-state index in [4.69, 9.17) is 4.52 Å². The smallest absolute Gasteiger partial charge is 0.245 e. The average molecular weight is 294 g/mol. The fourth-order valence-electron chi connectivity index (χ4n) is 2.35. The minimum atomic E-state index is -0.487. The van der Waals surface area contributed by atoms with E-state index in [2.05, 4.69) is 10.1 Å². The van der Waals surface area contributed by atoms with E-state index < -0.39 is 6.04 Å². The number of carbonyl (C=O) groups excluding carboxylic acids is 2. The van der Waals surface area contributed by atoms with Crippen molar-refractivity contribution in [3.8, 4) is 0 Å². The first-order chi connectivity index (χ1) is 9.93. The number of nitrogens with zero attached hydrogens (tertiary/aromatic N) is 4. The zero-order chi connectivity index (χ0) is 15.6. The van der Waals surface area contributed by atoms with Gasteiger partial charge in [-0.2, -0.15) is 4.98 Å². The van der Waals surface area contributed by atoms with Gasteiger partial charge in [-0.25, -0.2) is 0 Å². The van der Waals surface area contributed by atoms with Crippen LogP contribution < -0.4 is 0 Å². The van der Waals surface area contributed by atoms with Crippen LogP contribution >= 0.6 is 0 Å². The number of hydrogen-bond donors (Lipinski definition) is 0. The van der Waals surface area contributed by atoms with Crippen molar-refractivity contribution in [1.29, 1.82) is 0 Å². The van der Waals surface area contributed by atoms with E-state index in [-0.39, 0.29) is 30.8 Å². The summed E-state index contributed by atoms with van der Waals surface area (Å²) >= 11 is 0. The van der Waals surface area contributed by atoms with E-state index in [1.54, 1.807) is 11.8 Å². The van der Waals surface area contributed by atoms with Crippen molar-refractivity contribution in [1.82, 2.24) is 19.9 Å². The molecular weight excluding hydrogens is 272 g/mol. The monoisotopic (exact) mass is 294 g/mol. The number of rotatable bonds is 5. The highest BCUT2D eigenvalue weighted by molar-refractivity contribution is 5.94. The number of carbonyl (C=O) groups is 2. The molecule has 0 aromatic carbocycles. The molecule has 1 atom stereocenters. The molecule has 7 heteroatoms. The van der Waals surface area contributed by atoms with Gasteiger partial charge in [0, 0.05) is 12.5 Å². The maximum Gasteiger partial charge on any atom is 0.245 e. The fraction of sp³-hybridized carbons (Fsp3) is 0.714. The van der Waals surface area contributed by atoms with Crippen LogP contribution in [0.25, 0.3) is 0 Å². The van der Waals surface area contributed by atoms with Crippen LogP contribution in [0.15, 0.2) is 4.52 Å². The van der Waals surface area contributed by atoms with Crippen molar-refractivity contribution < 1.29 is 14.1 Å². The third-order valence-corrected chi connectivity index (χ3v) is 3.57. The zero-order valence-corrected chi connectivity index (χ0v) is 13.0. The van der Waals surface area contributed by atoms with Crippen LogP contribution in [0, 0.1) is 0 Å². The summed E-state index contributed by atoms with van der Waals surface area (Å²) < 4.78 is 5.13. The van der Waals surface area contributed by atoms with Crippen LogP contribution in [0.5, 0.6) is 0 Å². The van der Waals surface area contributed by atoms with Crippen molar-refractivity contribution in [2.45, 2.75) is 52.6 Å². The van der Waals surface area contributed by atoms with Gasteiger partial charge in [-0.1, -0.05) is 25.9 Å². The Morgan fingerprint density at radius 3 is 2.67 bits per heavy atom. The Kier molecular flexibility index (Phi) is 4.59. The molecule has 0 aliphatic carbocycles. The Labute approximate surface area is 124 Å². The summed E-state index contributed by atoms with van der Waals surface area (Å²) in [5.41, 5.74) is 0. The lowest BCUT2D eigenvalue weighted by molar-refractivity contribution is -0.155. The maximum atomic E-state index is 12.2. The molecule has 0 bridgehead atoms. The quantitative estimate of drug-likeness (QED) is 0.814. The second-order valence-corrected chi connectivity index (χ2v) is 5.66. The molecule has 0 radical (unpaired) electrons. The standard InChI is InChI=1S/C14H22N4O3/c1-5-6-17-8-12(19)18(10(4)14(17)20)7-11-15-13(9(2)3)21-16-11/h9-10H,5-8H2,1-4H3/t10-/m1/s1. The lowest BCUT2D eigenvalue weighted by atomic mass is 10.1. The molecule has 116 valence electrons. The second-order valence-electron chi connectivity index (χ2n) is 5.66. The molecule has 1 fully saturated rings. The molecule has 0 N–H and O–H groups in total. The maximum absolute atomic E-state index is 12.2. The molecule has 0 unspecified atom stereocenters. The lowest BCUT2D eigenvalue weighted by Crippen LogP contribution is -2.58. The third-order valence-electron chi connectivity index (χ3n) is 3.57. The first-order valence-electron chi connectivity index (χ1n) is 7.34. The van der Waals surface area contributed by atoms with Crippen LogP contribution in [0.3, 0.4) is 0 Å². The Bertz CT molecular complexity index is 526. The molecular formula is C14H22N4O3. The zero-order valence-electron chi connectivity index (χ0n) is 13.0. The molecule has 2 amide bonds. The molecule has 7 nitrogen and oxygen atoms in total. The third kappa shape index (κ3) is 3.22. The Balaban J connectivity index is 2.09. The summed E-state index contributed by atoms with van der Waals surface area (Å²) in [4.78, 5) is 31.9. The molecule has 0 spiro atoms. The van der Waals surface area contributed by atoms with E-state index in [1.807, 2.05) is 20.8 Å². The molecule has 1 aromatic rings. The van der Waals surface area contributed by atoms with Crippen LogP contribution in [0.1, 0.15) is 51.7 Å². The average Bonchev–Trinajstić information content (AvgIpc) is 2.90. The number of hydrogen-bond acceptors (Lipinski definition) is 5. The van der Waals surface area contributed by atoms with Crippen molar-refractivity contribution in [3.05, 3.63) is 11.7 Å². The number of aromatic nitrogens is 2. The van der Waals surface area contributed by atoms with Gasteiger partial charge in [0.15, 0.2) is 5.82 Å². The van der Waals surface area contributed by atoms with Crippen molar-refractivity contribution >= 4 is 11.8 Å². The predicted octanol–water partition coefficient (Wildman–Crippen LogP) is 1.16. The number of amides is 2. The van der Waals surface area contributed by atoms with Gasteiger partial charge in [0.25, 0.3) is 0 Å². The SMILES string of the molecule is CCCN1CC(=O)N(Cc2noc(C(C)C)n2)[C@H](C)C1=O. The summed E-state index contributed by atoms with van der Waals surface area (Å²) in [7, 11) is 0. The normalized spacial score (nSPS) is 19.8. The van der Waals surface area contributed by atoms with E-state index >= 15 is 0 Å². The fourth-order valence-corrected chi connectivity index (χ4v) is 2.35. The first kappa shape index (κ1) is 15.5. The molecule has 1 aromatic heterocycles. The van der Waals surface area contributed by atoms with Gasteiger partial charge >= 0.3 is 0 Å². The van der Waals surface area contributed by atoms with Crippen molar-refractivity contribution in [3.63, 3.8) is 0 Å². The molecule has 1 aliphatic heterocycles.